The van der Waals surface area contributed by atoms with Crippen molar-refractivity contribution in [2.75, 3.05) is 6.54 Å². The van der Waals surface area contributed by atoms with Crippen LogP contribution >= 0.6 is 11.6 Å². The van der Waals surface area contributed by atoms with Gasteiger partial charge in [0.1, 0.15) is 5.15 Å². The Balaban J connectivity index is 2.07. The van der Waals surface area contributed by atoms with Crippen LogP contribution in [0.5, 0.6) is 0 Å². The van der Waals surface area contributed by atoms with Crippen LogP contribution in [0.1, 0.15) is 43.0 Å². The van der Waals surface area contributed by atoms with Crippen molar-refractivity contribution in [2.45, 2.75) is 38.6 Å². The van der Waals surface area contributed by atoms with Crippen LogP contribution in [0.25, 0.3) is 0 Å². The van der Waals surface area contributed by atoms with Crippen LogP contribution < -0.4 is 0 Å². The third kappa shape index (κ3) is 3.19. The summed E-state index contributed by atoms with van der Waals surface area (Å²) in [5.74, 6) is 0.0881. The fourth-order valence-corrected chi connectivity index (χ4v) is 1.94. The topological polar surface area (TPSA) is 33.2 Å². The van der Waals surface area contributed by atoms with E-state index in [0.29, 0.717) is 16.8 Å². The van der Waals surface area contributed by atoms with E-state index in [9.17, 15) is 4.79 Å². The highest BCUT2D eigenvalue weighted by Gasteiger charge is 2.32. The molecule has 17 heavy (non-hydrogen) atoms. The van der Waals surface area contributed by atoms with Gasteiger partial charge >= 0.3 is 0 Å². The van der Waals surface area contributed by atoms with Crippen LogP contribution in [0, 0.1) is 0 Å². The van der Waals surface area contributed by atoms with E-state index in [-0.39, 0.29) is 5.91 Å². The summed E-state index contributed by atoms with van der Waals surface area (Å²) >= 11 is 5.72. The first-order chi connectivity index (χ1) is 8.22. The maximum Gasteiger partial charge on any atom is 0.255 e. The third-order valence-corrected chi connectivity index (χ3v) is 3.20. The number of nitrogens with zero attached hydrogens (tertiary/aromatic N) is 2. The fourth-order valence-electron chi connectivity index (χ4n) is 1.83. The third-order valence-electron chi connectivity index (χ3n) is 2.98. The molecule has 1 aromatic rings. The van der Waals surface area contributed by atoms with E-state index < -0.39 is 0 Å². The summed E-state index contributed by atoms with van der Waals surface area (Å²) in [6, 6.07) is 3.86. The van der Waals surface area contributed by atoms with Crippen LogP contribution in [0.15, 0.2) is 18.3 Å². The number of hydrogen-bond acceptors (Lipinski definition) is 2. The average Bonchev–Trinajstić information content (AvgIpc) is 3.14. The molecule has 3 nitrogen and oxygen atoms in total. The Bertz CT molecular complexity index is 387. The van der Waals surface area contributed by atoms with Crippen molar-refractivity contribution in [3.8, 4) is 0 Å². The van der Waals surface area contributed by atoms with Gasteiger partial charge in [0, 0.05) is 18.8 Å². The molecular weight excluding hydrogens is 236 g/mol. The second kappa shape index (κ2) is 5.50. The normalized spacial score (nSPS) is 14.7. The molecule has 1 heterocycles. The van der Waals surface area contributed by atoms with E-state index in [0.717, 1.165) is 32.2 Å². The molecule has 0 N–H and O–H groups in total. The van der Waals surface area contributed by atoms with Gasteiger partial charge in [-0.15, -0.1) is 0 Å². The summed E-state index contributed by atoms with van der Waals surface area (Å²) in [6.07, 6.45) is 6.00. The smallest absolute Gasteiger partial charge is 0.255 e. The van der Waals surface area contributed by atoms with Gasteiger partial charge < -0.3 is 4.90 Å². The van der Waals surface area contributed by atoms with Crippen molar-refractivity contribution in [3.63, 3.8) is 0 Å². The van der Waals surface area contributed by atoms with Crippen molar-refractivity contribution in [2.24, 2.45) is 0 Å². The maximum atomic E-state index is 12.3. The minimum absolute atomic E-state index is 0.0881. The molecule has 1 aromatic heterocycles. The molecule has 1 fully saturated rings. The summed E-state index contributed by atoms with van der Waals surface area (Å²) < 4.78 is 0. The first-order valence-electron chi connectivity index (χ1n) is 6.15. The molecule has 1 amide bonds. The van der Waals surface area contributed by atoms with Crippen molar-refractivity contribution in [3.05, 3.63) is 29.0 Å². The van der Waals surface area contributed by atoms with Crippen molar-refractivity contribution in [1.82, 2.24) is 9.88 Å². The monoisotopic (exact) mass is 252 g/mol. The van der Waals surface area contributed by atoms with E-state index in [1.54, 1.807) is 18.3 Å². The van der Waals surface area contributed by atoms with Crippen LogP contribution in [0.4, 0.5) is 0 Å². The quantitative estimate of drug-likeness (QED) is 0.755. The Morgan fingerprint density at radius 2 is 2.29 bits per heavy atom. The van der Waals surface area contributed by atoms with Gasteiger partial charge in [-0.3, -0.25) is 4.79 Å². The lowest BCUT2D eigenvalue weighted by molar-refractivity contribution is 0.0740. The molecule has 2 rings (SSSR count). The van der Waals surface area contributed by atoms with Gasteiger partial charge in [-0.05, 0) is 31.4 Å². The number of rotatable bonds is 5. The summed E-state index contributed by atoms with van der Waals surface area (Å²) in [7, 11) is 0. The Morgan fingerprint density at radius 3 is 2.82 bits per heavy atom. The van der Waals surface area contributed by atoms with E-state index in [4.69, 9.17) is 11.6 Å². The van der Waals surface area contributed by atoms with Gasteiger partial charge in [-0.1, -0.05) is 24.9 Å². The Hall–Kier alpha value is -1.09. The highest BCUT2D eigenvalue weighted by molar-refractivity contribution is 6.29. The van der Waals surface area contributed by atoms with Crippen LogP contribution in [0.3, 0.4) is 0 Å². The molecular formula is C13H17ClN2O. The zero-order chi connectivity index (χ0) is 12.3. The Morgan fingerprint density at radius 1 is 1.53 bits per heavy atom. The SMILES string of the molecule is CCCCN(C(=O)c1ccc(Cl)nc1)C1CC1. The maximum absolute atomic E-state index is 12.3. The summed E-state index contributed by atoms with van der Waals surface area (Å²) in [5.41, 5.74) is 0.636. The molecule has 1 saturated carbocycles. The van der Waals surface area contributed by atoms with E-state index in [1.165, 1.54) is 0 Å². The number of hydrogen-bond donors (Lipinski definition) is 0. The van der Waals surface area contributed by atoms with Gasteiger partial charge in [0.15, 0.2) is 0 Å². The summed E-state index contributed by atoms with van der Waals surface area (Å²) in [5, 5.41) is 0.424. The molecule has 0 aromatic carbocycles. The standard InChI is InChI=1S/C13H17ClN2O/c1-2-3-8-16(11-5-6-11)13(17)10-4-7-12(14)15-9-10/h4,7,9,11H,2-3,5-6,8H2,1H3. The van der Waals surface area contributed by atoms with Gasteiger partial charge in [0.2, 0.25) is 0 Å². The molecule has 1 aliphatic carbocycles. The Kier molecular flexibility index (Phi) is 4.00. The number of pyridine rings is 1. The lowest BCUT2D eigenvalue weighted by Gasteiger charge is -2.22. The van der Waals surface area contributed by atoms with Crippen LogP contribution in [-0.4, -0.2) is 28.4 Å². The van der Waals surface area contributed by atoms with Crippen molar-refractivity contribution >= 4 is 17.5 Å². The van der Waals surface area contributed by atoms with E-state index in [2.05, 4.69) is 11.9 Å². The number of unbranched alkanes of at least 4 members (excludes halogenated alkanes) is 1. The summed E-state index contributed by atoms with van der Waals surface area (Å²) in [4.78, 5) is 18.2. The molecule has 0 radical (unpaired) electrons. The molecule has 0 aliphatic heterocycles. The molecule has 0 saturated heterocycles. The number of carbonyl (C=O) groups is 1. The second-order valence-corrected chi connectivity index (χ2v) is 4.84. The molecule has 0 atom stereocenters. The number of carbonyl (C=O) groups excluding carboxylic acids is 1. The predicted octanol–water partition coefficient (Wildman–Crippen LogP) is 3.14. The highest BCUT2D eigenvalue weighted by Crippen LogP contribution is 2.28. The molecule has 0 unspecified atom stereocenters. The molecule has 0 spiro atoms. The van der Waals surface area contributed by atoms with Gasteiger partial charge in [0.05, 0.1) is 5.56 Å². The zero-order valence-corrected chi connectivity index (χ0v) is 10.8. The van der Waals surface area contributed by atoms with Crippen molar-refractivity contribution in [1.29, 1.82) is 0 Å². The van der Waals surface area contributed by atoms with E-state index >= 15 is 0 Å². The minimum atomic E-state index is 0.0881. The van der Waals surface area contributed by atoms with E-state index in [1.807, 2.05) is 4.90 Å². The van der Waals surface area contributed by atoms with Crippen LogP contribution in [-0.2, 0) is 0 Å². The minimum Gasteiger partial charge on any atom is -0.336 e. The number of amides is 1. The average molecular weight is 253 g/mol. The van der Waals surface area contributed by atoms with Crippen molar-refractivity contribution < 1.29 is 4.79 Å². The molecule has 4 heteroatoms. The number of halogens is 1. The number of aromatic nitrogens is 1. The van der Waals surface area contributed by atoms with Gasteiger partial charge in [0.25, 0.3) is 5.91 Å². The highest BCUT2D eigenvalue weighted by atomic mass is 35.5. The molecule has 1 aliphatic rings. The largest absolute Gasteiger partial charge is 0.336 e. The molecule has 92 valence electrons. The lowest BCUT2D eigenvalue weighted by atomic mass is 10.2. The van der Waals surface area contributed by atoms with Crippen LogP contribution in [0.2, 0.25) is 5.15 Å². The fraction of sp³-hybridized carbons (Fsp3) is 0.538. The van der Waals surface area contributed by atoms with Gasteiger partial charge in [-0.25, -0.2) is 4.98 Å². The lowest BCUT2D eigenvalue weighted by Crippen LogP contribution is -2.34. The first-order valence-corrected chi connectivity index (χ1v) is 6.52. The molecule has 0 bridgehead atoms. The Labute approximate surface area is 107 Å². The second-order valence-electron chi connectivity index (χ2n) is 4.45. The first kappa shape index (κ1) is 12.4. The van der Waals surface area contributed by atoms with Gasteiger partial charge in [-0.2, -0.15) is 0 Å². The zero-order valence-electron chi connectivity index (χ0n) is 10.0. The predicted molar refractivity (Wildman–Crippen MR) is 68.2 cm³/mol. The summed E-state index contributed by atoms with van der Waals surface area (Å²) in [6.45, 7) is 2.99.